The number of nitrogens with one attached hydrogen (secondary N) is 1. The highest BCUT2D eigenvalue weighted by Gasteiger charge is 2.06. The number of aryl methyl sites for hydroxylation is 1. The second kappa shape index (κ2) is 5.14. The molecule has 0 bridgehead atoms. The Bertz CT molecular complexity index is 592. The Labute approximate surface area is 113 Å². The molecule has 3 N–H and O–H groups in total. The molecule has 0 aliphatic rings. The predicted octanol–water partition coefficient (Wildman–Crippen LogP) is 2.49. The van der Waals surface area contributed by atoms with Gasteiger partial charge in [0, 0.05) is 31.0 Å². The first-order valence-corrected chi connectivity index (χ1v) is 6.11. The summed E-state index contributed by atoms with van der Waals surface area (Å²) in [6.07, 6.45) is 1.46. The number of nitrogen functional groups attached to an aromatic ring is 1. The van der Waals surface area contributed by atoms with Crippen molar-refractivity contribution < 1.29 is 0 Å². The summed E-state index contributed by atoms with van der Waals surface area (Å²) in [5, 5.41) is 3.28. The average molecular weight is 257 g/mol. The molecule has 5 nitrogen and oxygen atoms in total. The van der Waals surface area contributed by atoms with Crippen LogP contribution in [0, 0.1) is 13.8 Å². The van der Waals surface area contributed by atoms with E-state index < -0.39 is 0 Å². The van der Waals surface area contributed by atoms with Crippen LogP contribution < -0.4 is 16.0 Å². The molecule has 2 rings (SSSR count). The lowest BCUT2D eigenvalue weighted by Gasteiger charge is -2.17. The zero-order valence-corrected chi connectivity index (χ0v) is 11.7. The molecule has 0 saturated heterocycles. The third-order valence-corrected chi connectivity index (χ3v) is 3.08. The lowest BCUT2D eigenvalue weighted by molar-refractivity contribution is 1.11. The molecule has 0 unspecified atom stereocenters. The molecular weight excluding hydrogens is 238 g/mol. The van der Waals surface area contributed by atoms with Crippen molar-refractivity contribution in [1.82, 2.24) is 9.97 Å². The van der Waals surface area contributed by atoms with E-state index in [-0.39, 0.29) is 0 Å². The zero-order valence-electron chi connectivity index (χ0n) is 11.7. The van der Waals surface area contributed by atoms with Gasteiger partial charge in [0.1, 0.15) is 18.0 Å². The van der Waals surface area contributed by atoms with Crippen molar-refractivity contribution in [3.05, 3.63) is 35.7 Å². The molecule has 1 heterocycles. The minimum absolute atomic E-state index is 0.498. The Morgan fingerprint density at radius 1 is 1.16 bits per heavy atom. The number of rotatable bonds is 3. The zero-order chi connectivity index (χ0) is 14.0. The molecule has 100 valence electrons. The molecule has 1 aromatic carbocycles. The number of hydrogen-bond donors (Lipinski definition) is 2. The quantitative estimate of drug-likeness (QED) is 0.884. The lowest BCUT2D eigenvalue weighted by atomic mass is 10.1. The Balaban J connectivity index is 2.34. The Morgan fingerprint density at radius 2 is 1.89 bits per heavy atom. The van der Waals surface area contributed by atoms with Crippen LogP contribution >= 0.6 is 0 Å². The monoisotopic (exact) mass is 257 g/mol. The van der Waals surface area contributed by atoms with Crippen LogP contribution in [0.5, 0.6) is 0 Å². The van der Waals surface area contributed by atoms with Gasteiger partial charge in [-0.1, -0.05) is 6.07 Å². The van der Waals surface area contributed by atoms with E-state index in [1.54, 1.807) is 0 Å². The summed E-state index contributed by atoms with van der Waals surface area (Å²) in [5.41, 5.74) is 10.0. The molecule has 0 aliphatic carbocycles. The van der Waals surface area contributed by atoms with Crippen molar-refractivity contribution >= 4 is 23.0 Å². The van der Waals surface area contributed by atoms with Gasteiger partial charge in [0.2, 0.25) is 0 Å². The SMILES string of the molecule is Cc1ccc(Nc2ncnc(N)c2C)cc1N(C)C. The van der Waals surface area contributed by atoms with Gasteiger partial charge in [-0.05, 0) is 31.5 Å². The maximum atomic E-state index is 5.78. The van der Waals surface area contributed by atoms with Gasteiger partial charge in [0.25, 0.3) is 0 Å². The van der Waals surface area contributed by atoms with Crippen LogP contribution in [0.15, 0.2) is 24.5 Å². The summed E-state index contributed by atoms with van der Waals surface area (Å²) in [6.45, 7) is 3.99. The molecule has 0 spiro atoms. The minimum atomic E-state index is 0.498. The number of anilines is 4. The molecule has 19 heavy (non-hydrogen) atoms. The highest BCUT2D eigenvalue weighted by molar-refractivity contribution is 5.68. The minimum Gasteiger partial charge on any atom is -0.383 e. The summed E-state index contributed by atoms with van der Waals surface area (Å²) in [4.78, 5) is 10.3. The molecule has 1 aromatic heterocycles. The van der Waals surface area contributed by atoms with E-state index in [1.807, 2.05) is 27.1 Å². The van der Waals surface area contributed by atoms with Gasteiger partial charge in [-0.2, -0.15) is 0 Å². The number of benzene rings is 1. The fourth-order valence-electron chi connectivity index (χ4n) is 1.90. The van der Waals surface area contributed by atoms with Crippen LogP contribution in [0.2, 0.25) is 0 Å². The summed E-state index contributed by atoms with van der Waals surface area (Å²) >= 11 is 0. The van der Waals surface area contributed by atoms with Gasteiger partial charge < -0.3 is 16.0 Å². The second-order valence-corrected chi connectivity index (χ2v) is 4.75. The van der Waals surface area contributed by atoms with E-state index >= 15 is 0 Å². The normalized spacial score (nSPS) is 10.3. The lowest BCUT2D eigenvalue weighted by Crippen LogP contribution is -2.10. The van der Waals surface area contributed by atoms with E-state index in [0.717, 1.165) is 17.1 Å². The summed E-state index contributed by atoms with van der Waals surface area (Å²) < 4.78 is 0. The fraction of sp³-hybridized carbons (Fsp3) is 0.286. The second-order valence-electron chi connectivity index (χ2n) is 4.75. The third kappa shape index (κ3) is 2.76. The Morgan fingerprint density at radius 3 is 2.58 bits per heavy atom. The van der Waals surface area contributed by atoms with Gasteiger partial charge in [0.05, 0.1) is 0 Å². The smallest absolute Gasteiger partial charge is 0.138 e. The highest BCUT2D eigenvalue weighted by atomic mass is 15.1. The van der Waals surface area contributed by atoms with Crippen molar-refractivity contribution in [3.63, 3.8) is 0 Å². The molecule has 0 saturated carbocycles. The van der Waals surface area contributed by atoms with E-state index in [9.17, 15) is 0 Å². The van der Waals surface area contributed by atoms with Crippen LogP contribution in [-0.2, 0) is 0 Å². The Kier molecular flexibility index (Phi) is 3.55. The van der Waals surface area contributed by atoms with E-state index in [4.69, 9.17) is 5.73 Å². The van der Waals surface area contributed by atoms with E-state index in [0.29, 0.717) is 5.82 Å². The number of hydrogen-bond acceptors (Lipinski definition) is 5. The van der Waals surface area contributed by atoms with E-state index in [2.05, 4.69) is 39.2 Å². The summed E-state index contributed by atoms with van der Waals surface area (Å²) in [6, 6.07) is 6.20. The van der Waals surface area contributed by atoms with E-state index in [1.165, 1.54) is 17.6 Å². The standard InChI is InChI=1S/C14H19N5/c1-9-5-6-11(7-12(9)19(3)4)18-14-10(2)13(15)16-8-17-14/h5-8H,1-4H3,(H3,15,16,17,18). The summed E-state index contributed by atoms with van der Waals surface area (Å²) in [5.74, 6) is 1.23. The van der Waals surface area contributed by atoms with Crippen molar-refractivity contribution in [2.24, 2.45) is 0 Å². The predicted molar refractivity (Wildman–Crippen MR) is 80.0 cm³/mol. The van der Waals surface area contributed by atoms with Gasteiger partial charge in [-0.15, -0.1) is 0 Å². The van der Waals surface area contributed by atoms with Crippen LogP contribution in [-0.4, -0.2) is 24.1 Å². The first-order valence-electron chi connectivity index (χ1n) is 6.11. The largest absolute Gasteiger partial charge is 0.383 e. The summed E-state index contributed by atoms with van der Waals surface area (Å²) in [7, 11) is 4.06. The molecule has 0 fully saturated rings. The van der Waals surface area contributed by atoms with Gasteiger partial charge in [-0.25, -0.2) is 9.97 Å². The molecule has 2 aromatic rings. The maximum absolute atomic E-state index is 5.78. The molecule has 5 heteroatoms. The van der Waals surface area contributed by atoms with Crippen molar-refractivity contribution in [1.29, 1.82) is 0 Å². The first-order chi connectivity index (χ1) is 8.99. The van der Waals surface area contributed by atoms with Crippen molar-refractivity contribution in [2.75, 3.05) is 30.0 Å². The van der Waals surface area contributed by atoms with Gasteiger partial charge in [0.15, 0.2) is 0 Å². The molecule has 0 aliphatic heterocycles. The Hall–Kier alpha value is -2.30. The maximum Gasteiger partial charge on any atom is 0.138 e. The molecular formula is C14H19N5. The molecule has 0 atom stereocenters. The van der Waals surface area contributed by atoms with Gasteiger partial charge >= 0.3 is 0 Å². The number of aromatic nitrogens is 2. The van der Waals surface area contributed by atoms with Crippen LogP contribution in [0.3, 0.4) is 0 Å². The van der Waals surface area contributed by atoms with Crippen LogP contribution in [0.1, 0.15) is 11.1 Å². The topological polar surface area (TPSA) is 67.1 Å². The average Bonchev–Trinajstić information content (AvgIpc) is 2.37. The van der Waals surface area contributed by atoms with Crippen LogP contribution in [0.25, 0.3) is 0 Å². The number of nitrogens with zero attached hydrogens (tertiary/aromatic N) is 3. The molecule has 0 amide bonds. The van der Waals surface area contributed by atoms with Crippen molar-refractivity contribution in [2.45, 2.75) is 13.8 Å². The van der Waals surface area contributed by atoms with Crippen LogP contribution in [0.4, 0.5) is 23.0 Å². The third-order valence-electron chi connectivity index (χ3n) is 3.08. The highest BCUT2D eigenvalue weighted by Crippen LogP contribution is 2.26. The number of nitrogens with two attached hydrogens (primary N) is 1. The molecule has 0 radical (unpaired) electrons. The fourth-order valence-corrected chi connectivity index (χ4v) is 1.90. The van der Waals surface area contributed by atoms with Gasteiger partial charge in [-0.3, -0.25) is 0 Å². The van der Waals surface area contributed by atoms with Crippen molar-refractivity contribution in [3.8, 4) is 0 Å². The first kappa shape index (κ1) is 13.1.